The van der Waals surface area contributed by atoms with Crippen molar-refractivity contribution in [2.45, 2.75) is 33.2 Å². The van der Waals surface area contributed by atoms with Gasteiger partial charge in [-0.25, -0.2) is 0 Å². The van der Waals surface area contributed by atoms with E-state index in [0.717, 1.165) is 22.3 Å². The molecule has 0 bridgehead atoms. The first-order valence-corrected chi connectivity index (χ1v) is 9.81. The Bertz CT molecular complexity index is 1160. The predicted molar refractivity (Wildman–Crippen MR) is 102 cm³/mol. The first-order valence-electron chi connectivity index (χ1n) is 8.40. The van der Waals surface area contributed by atoms with E-state index in [1.165, 1.54) is 12.1 Å². The number of fused-ring (bicyclic) bond motifs is 1. The number of rotatable bonds is 3. The van der Waals surface area contributed by atoms with Crippen LogP contribution in [0.4, 0.5) is 13.2 Å². The maximum absolute atomic E-state index is 12.8. The Morgan fingerprint density at radius 3 is 2.14 bits per heavy atom. The lowest BCUT2D eigenvalue weighted by Crippen LogP contribution is -2.28. The number of aromatic nitrogens is 1. The monoisotopic (exact) mass is 409 g/mol. The van der Waals surface area contributed by atoms with Gasteiger partial charge in [0.05, 0.1) is 5.52 Å². The van der Waals surface area contributed by atoms with Crippen LogP contribution >= 0.6 is 0 Å². The molecule has 3 aromatic rings. The second-order valence-corrected chi connectivity index (χ2v) is 8.26. The van der Waals surface area contributed by atoms with Crippen molar-refractivity contribution in [1.82, 2.24) is 4.98 Å². The second-order valence-electron chi connectivity index (χ2n) is 6.72. The molecule has 0 spiro atoms. The summed E-state index contributed by atoms with van der Waals surface area (Å²) < 4.78 is 65.8. The SMILES string of the molecule is Cc1cc(C)c(-c2cccc3c(OS(=O)(=O)C(F)(F)F)cc(C)nc23)c(C)c1. The fourth-order valence-electron chi connectivity index (χ4n) is 3.38. The first-order chi connectivity index (χ1) is 12.9. The Balaban J connectivity index is 2.30. The number of benzene rings is 2. The van der Waals surface area contributed by atoms with Crippen molar-refractivity contribution in [1.29, 1.82) is 0 Å². The van der Waals surface area contributed by atoms with Crippen molar-refractivity contribution in [3.05, 3.63) is 58.8 Å². The first kappa shape index (κ1) is 20.1. The standard InChI is InChI=1S/C20H18F3NO3S/c1-11-8-12(2)18(13(3)9-11)16-7-5-6-15-17(10-14(4)24-19(15)16)27-28(25,26)20(21,22)23/h5-10H,1-4H3. The average Bonchev–Trinajstić information content (AvgIpc) is 2.53. The molecule has 0 aliphatic carbocycles. The molecule has 148 valence electrons. The third-order valence-corrected chi connectivity index (χ3v) is 5.32. The Hall–Kier alpha value is -2.61. The van der Waals surface area contributed by atoms with E-state index < -0.39 is 21.4 Å². The van der Waals surface area contributed by atoms with Crippen molar-refractivity contribution in [3.63, 3.8) is 0 Å². The molecular weight excluding hydrogens is 391 g/mol. The number of para-hydroxylation sites is 1. The van der Waals surface area contributed by atoms with Crippen LogP contribution in [0.3, 0.4) is 0 Å². The van der Waals surface area contributed by atoms with Crippen molar-refractivity contribution in [2.75, 3.05) is 0 Å². The highest BCUT2D eigenvalue weighted by Gasteiger charge is 2.48. The van der Waals surface area contributed by atoms with Gasteiger partial charge >= 0.3 is 15.6 Å². The number of hydrogen-bond donors (Lipinski definition) is 0. The fourth-order valence-corrected chi connectivity index (χ4v) is 3.85. The summed E-state index contributed by atoms with van der Waals surface area (Å²) in [6.45, 7) is 7.42. The van der Waals surface area contributed by atoms with Crippen LogP contribution in [0, 0.1) is 27.7 Å². The molecule has 2 aromatic carbocycles. The molecule has 4 nitrogen and oxygen atoms in total. The molecule has 8 heteroatoms. The van der Waals surface area contributed by atoms with Gasteiger partial charge in [-0.1, -0.05) is 29.8 Å². The number of halogens is 3. The summed E-state index contributed by atoms with van der Waals surface area (Å²) >= 11 is 0. The molecule has 0 N–H and O–H groups in total. The van der Waals surface area contributed by atoms with E-state index in [2.05, 4.69) is 9.17 Å². The predicted octanol–water partition coefficient (Wildman–Crippen LogP) is 5.36. The molecule has 0 fully saturated rings. The molecule has 0 saturated heterocycles. The number of hydrogen-bond acceptors (Lipinski definition) is 4. The molecule has 0 atom stereocenters. The summed E-state index contributed by atoms with van der Waals surface area (Å²) in [4.78, 5) is 4.45. The summed E-state index contributed by atoms with van der Waals surface area (Å²) in [6, 6.07) is 10.1. The van der Waals surface area contributed by atoms with Crippen LogP contribution in [0.5, 0.6) is 5.75 Å². The zero-order valence-electron chi connectivity index (χ0n) is 15.7. The van der Waals surface area contributed by atoms with Crippen molar-refractivity contribution in [2.24, 2.45) is 0 Å². The van der Waals surface area contributed by atoms with E-state index in [1.54, 1.807) is 13.0 Å². The third kappa shape index (κ3) is 3.56. The van der Waals surface area contributed by atoms with Gasteiger partial charge in [0.25, 0.3) is 0 Å². The minimum absolute atomic E-state index is 0.190. The highest BCUT2D eigenvalue weighted by molar-refractivity contribution is 7.88. The van der Waals surface area contributed by atoms with Crippen LogP contribution in [-0.4, -0.2) is 18.9 Å². The average molecular weight is 409 g/mol. The van der Waals surface area contributed by atoms with E-state index in [1.807, 2.05) is 39.0 Å². The van der Waals surface area contributed by atoms with Gasteiger partial charge in [0.2, 0.25) is 0 Å². The van der Waals surface area contributed by atoms with Crippen molar-refractivity contribution in [3.8, 4) is 16.9 Å². The molecular formula is C20H18F3NO3S. The Morgan fingerprint density at radius 2 is 1.57 bits per heavy atom. The second kappa shape index (κ2) is 6.77. The summed E-state index contributed by atoms with van der Waals surface area (Å²) in [7, 11) is -5.79. The molecule has 3 rings (SSSR count). The molecule has 1 heterocycles. The van der Waals surface area contributed by atoms with E-state index in [0.29, 0.717) is 16.8 Å². The van der Waals surface area contributed by atoms with Crippen LogP contribution in [0.2, 0.25) is 0 Å². The van der Waals surface area contributed by atoms with E-state index >= 15 is 0 Å². The molecule has 0 unspecified atom stereocenters. The van der Waals surface area contributed by atoms with Gasteiger partial charge in [-0.3, -0.25) is 4.98 Å². The van der Waals surface area contributed by atoms with Crippen LogP contribution in [0.25, 0.3) is 22.0 Å². The maximum Gasteiger partial charge on any atom is 0.534 e. The van der Waals surface area contributed by atoms with Gasteiger partial charge in [-0.15, -0.1) is 0 Å². The summed E-state index contributed by atoms with van der Waals surface area (Å²) in [6.07, 6.45) is 0. The quantitative estimate of drug-likeness (QED) is 0.431. The van der Waals surface area contributed by atoms with Gasteiger partial charge in [0.1, 0.15) is 0 Å². The lowest BCUT2D eigenvalue weighted by atomic mass is 9.92. The molecule has 0 radical (unpaired) electrons. The minimum atomic E-state index is -5.79. The summed E-state index contributed by atoms with van der Waals surface area (Å²) in [5.74, 6) is -0.399. The zero-order chi connectivity index (χ0) is 20.9. The lowest BCUT2D eigenvalue weighted by molar-refractivity contribution is -0.0499. The number of pyridine rings is 1. The largest absolute Gasteiger partial charge is 0.534 e. The van der Waals surface area contributed by atoms with E-state index in [-0.39, 0.29) is 5.39 Å². The number of nitrogens with zero attached hydrogens (tertiary/aromatic N) is 1. The highest BCUT2D eigenvalue weighted by atomic mass is 32.2. The molecule has 28 heavy (non-hydrogen) atoms. The van der Waals surface area contributed by atoms with Crippen LogP contribution < -0.4 is 4.18 Å². The van der Waals surface area contributed by atoms with Crippen molar-refractivity contribution < 1.29 is 25.8 Å². The molecule has 1 aromatic heterocycles. The number of aryl methyl sites for hydroxylation is 4. The van der Waals surface area contributed by atoms with Crippen molar-refractivity contribution >= 4 is 21.0 Å². The maximum atomic E-state index is 12.8. The smallest absolute Gasteiger partial charge is 0.375 e. The third-order valence-electron chi connectivity index (χ3n) is 4.36. The number of alkyl halides is 3. The van der Waals surface area contributed by atoms with E-state index in [9.17, 15) is 21.6 Å². The molecule has 0 aliphatic rings. The fraction of sp³-hybridized carbons (Fsp3) is 0.250. The Labute approximate surface area is 161 Å². The molecule has 0 saturated carbocycles. The van der Waals surface area contributed by atoms with Crippen LogP contribution in [0.1, 0.15) is 22.4 Å². The topological polar surface area (TPSA) is 56.3 Å². The summed E-state index contributed by atoms with van der Waals surface area (Å²) in [5.41, 5.74) is -0.136. The normalized spacial score (nSPS) is 12.4. The zero-order valence-corrected chi connectivity index (χ0v) is 16.5. The van der Waals surface area contributed by atoms with Gasteiger partial charge in [0, 0.05) is 22.7 Å². The highest BCUT2D eigenvalue weighted by Crippen LogP contribution is 2.38. The van der Waals surface area contributed by atoms with Gasteiger partial charge < -0.3 is 4.18 Å². The van der Waals surface area contributed by atoms with E-state index in [4.69, 9.17) is 0 Å². The van der Waals surface area contributed by atoms with Gasteiger partial charge in [0.15, 0.2) is 5.75 Å². The summed E-state index contributed by atoms with van der Waals surface area (Å²) in [5, 5.41) is 0.190. The minimum Gasteiger partial charge on any atom is -0.375 e. The van der Waals surface area contributed by atoms with Gasteiger partial charge in [-0.2, -0.15) is 21.6 Å². The van der Waals surface area contributed by atoms with Gasteiger partial charge in [-0.05, 0) is 50.5 Å². The lowest BCUT2D eigenvalue weighted by Gasteiger charge is -2.16. The van der Waals surface area contributed by atoms with Crippen LogP contribution in [-0.2, 0) is 10.1 Å². The van der Waals surface area contributed by atoms with Crippen LogP contribution in [0.15, 0.2) is 36.4 Å². The Kier molecular flexibility index (Phi) is 4.87. The molecule has 0 amide bonds. The molecule has 0 aliphatic heterocycles. The Morgan fingerprint density at radius 1 is 0.964 bits per heavy atom.